The van der Waals surface area contributed by atoms with Gasteiger partial charge in [-0.3, -0.25) is 4.79 Å². The van der Waals surface area contributed by atoms with E-state index in [-0.39, 0.29) is 5.91 Å². The van der Waals surface area contributed by atoms with Gasteiger partial charge in [-0.05, 0) is 42.8 Å². The summed E-state index contributed by atoms with van der Waals surface area (Å²) in [4.78, 5) is 17.1. The molecule has 6 heteroatoms. The first-order valence-corrected chi connectivity index (χ1v) is 11.9. The van der Waals surface area contributed by atoms with Gasteiger partial charge in [0.05, 0.1) is 5.69 Å². The lowest BCUT2D eigenvalue weighted by Gasteiger charge is -2.14. The number of aromatic amines is 1. The Bertz CT molecular complexity index is 1160. The second-order valence-electron chi connectivity index (χ2n) is 7.09. The zero-order chi connectivity index (χ0) is 21.6. The second-order valence-corrected chi connectivity index (χ2v) is 9.12. The minimum Gasteiger partial charge on any atom is -0.481 e. The van der Waals surface area contributed by atoms with Gasteiger partial charge in [0.15, 0.2) is 6.10 Å². The van der Waals surface area contributed by atoms with Gasteiger partial charge in [0.2, 0.25) is 0 Å². The van der Waals surface area contributed by atoms with Crippen molar-refractivity contribution < 1.29 is 9.53 Å². The number of ether oxygens (including phenoxy) is 1. The van der Waals surface area contributed by atoms with Gasteiger partial charge in [-0.25, -0.2) is 0 Å². The molecular weight excluding hydrogens is 472 g/mol. The standard InChI is InChI=1S/C25H23BrN2O2S/c1-17(30-20-7-3-2-4-8-20)25(29)27-15-16-31-24-21-9-5-6-10-22(21)28-23(24)18-11-13-19(26)14-12-18/h2-14,17,28H,15-16H2,1H3,(H,27,29)/t17-/m1/s1. The second kappa shape index (κ2) is 10.1. The van der Waals surface area contributed by atoms with Gasteiger partial charge in [0.25, 0.3) is 5.91 Å². The van der Waals surface area contributed by atoms with Crippen LogP contribution in [0.1, 0.15) is 6.92 Å². The monoisotopic (exact) mass is 494 g/mol. The molecule has 1 heterocycles. The van der Waals surface area contributed by atoms with Crippen molar-refractivity contribution in [1.29, 1.82) is 0 Å². The first-order chi connectivity index (χ1) is 15.1. The van der Waals surface area contributed by atoms with Crippen LogP contribution < -0.4 is 10.1 Å². The van der Waals surface area contributed by atoms with Gasteiger partial charge < -0.3 is 15.0 Å². The zero-order valence-electron chi connectivity index (χ0n) is 17.1. The number of amides is 1. The SMILES string of the molecule is C[C@@H](Oc1ccccc1)C(=O)NCCSc1c(-c2ccc(Br)cc2)[nH]c2ccccc12. The Balaban J connectivity index is 1.40. The van der Waals surface area contributed by atoms with Crippen LogP contribution in [0.15, 0.2) is 88.2 Å². The summed E-state index contributed by atoms with van der Waals surface area (Å²) in [7, 11) is 0. The minimum atomic E-state index is -0.543. The molecule has 0 aliphatic rings. The van der Waals surface area contributed by atoms with E-state index >= 15 is 0 Å². The molecular formula is C25H23BrN2O2S. The lowest BCUT2D eigenvalue weighted by molar-refractivity contribution is -0.127. The Morgan fingerprint density at radius 3 is 2.52 bits per heavy atom. The fraction of sp³-hybridized carbons (Fsp3) is 0.160. The summed E-state index contributed by atoms with van der Waals surface area (Å²) >= 11 is 5.24. The van der Waals surface area contributed by atoms with Crippen LogP contribution in [-0.2, 0) is 4.79 Å². The molecule has 158 valence electrons. The van der Waals surface area contributed by atoms with Gasteiger partial charge >= 0.3 is 0 Å². The van der Waals surface area contributed by atoms with E-state index in [1.165, 1.54) is 10.3 Å². The van der Waals surface area contributed by atoms with Gasteiger partial charge in [0.1, 0.15) is 5.75 Å². The largest absolute Gasteiger partial charge is 0.481 e. The highest BCUT2D eigenvalue weighted by molar-refractivity contribution is 9.10. The summed E-state index contributed by atoms with van der Waals surface area (Å²) in [6, 6.07) is 26.0. The van der Waals surface area contributed by atoms with Crippen molar-refractivity contribution in [2.24, 2.45) is 0 Å². The highest BCUT2D eigenvalue weighted by Gasteiger charge is 2.16. The van der Waals surface area contributed by atoms with Crippen LogP contribution in [0.2, 0.25) is 0 Å². The van der Waals surface area contributed by atoms with Crippen molar-refractivity contribution in [1.82, 2.24) is 10.3 Å². The summed E-state index contributed by atoms with van der Waals surface area (Å²) in [5.74, 6) is 1.34. The molecule has 1 aromatic heterocycles. The van der Waals surface area contributed by atoms with Gasteiger partial charge in [-0.15, -0.1) is 11.8 Å². The van der Waals surface area contributed by atoms with E-state index in [2.05, 4.69) is 56.6 Å². The number of fused-ring (bicyclic) bond motifs is 1. The number of thioether (sulfide) groups is 1. The normalized spacial score (nSPS) is 11.9. The number of aromatic nitrogens is 1. The topological polar surface area (TPSA) is 54.1 Å². The fourth-order valence-electron chi connectivity index (χ4n) is 3.31. The van der Waals surface area contributed by atoms with Gasteiger partial charge in [-0.2, -0.15) is 0 Å². The first-order valence-electron chi connectivity index (χ1n) is 10.1. The van der Waals surface area contributed by atoms with Crippen molar-refractivity contribution in [3.8, 4) is 17.0 Å². The molecule has 0 bridgehead atoms. The average molecular weight is 495 g/mol. The molecule has 0 aliphatic carbocycles. The number of nitrogens with one attached hydrogen (secondary N) is 2. The van der Waals surface area contributed by atoms with Crippen molar-refractivity contribution in [2.45, 2.75) is 17.9 Å². The molecule has 0 saturated carbocycles. The van der Waals surface area contributed by atoms with Crippen LogP contribution in [0.25, 0.3) is 22.2 Å². The van der Waals surface area contributed by atoms with Crippen LogP contribution in [0.5, 0.6) is 5.75 Å². The molecule has 1 atom stereocenters. The van der Waals surface area contributed by atoms with Gasteiger partial charge in [0, 0.05) is 32.6 Å². The molecule has 3 aromatic carbocycles. The number of hydrogen-bond acceptors (Lipinski definition) is 3. The van der Waals surface area contributed by atoms with E-state index < -0.39 is 6.10 Å². The van der Waals surface area contributed by atoms with Crippen LogP contribution >= 0.6 is 27.7 Å². The number of halogens is 1. The molecule has 0 unspecified atom stereocenters. The third kappa shape index (κ3) is 5.32. The molecule has 0 fully saturated rings. The number of carbonyl (C=O) groups excluding carboxylic acids is 1. The Kier molecular flexibility index (Phi) is 6.99. The Labute approximate surface area is 194 Å². The highest BCUT2D eigenvalue weighted by atomic mass is 79.9. The number of para-hydroxylation sites is 2. The Hall–Kier alpha value is -2.70. The molecule has 4 aromatic rings. The number of carbonyl (C=O) groups is 1. The summed E-state index contributed by atoms with van der Waals surface area (Å²) in [6.45, 7) is 2.33. The summed E-state index contributed by atoms with van der Waals surface area (Å²) in [6.07, 6.45) is -0.543. The van der Waals surface area contributed by atoms with E-state index in [0.717, 1.165) is 27.0 Å². The minimum absolute atomic E-state index is 0.114. The van der Waals surface area contributed by atoms with Gasteiger partial charge in [-0.1, -0.05) is 64.5 Å². The molecule has 4 rings (SSSR count). The van der Waals surface area contributed by atoms with Crippen molar-refractivity contribution in [3.63, 3.8) is 0 Å². The molecule has 31 heavy (non-hydrogen) atoms. The predicted molar refractivity (Wildman–Crippen MR) is 132 cm³/mol. The zero-order valence-corrected chi connectivity index (χ0v) is 19.5. The first kappa shape index (κ1) is 21.5. The third-order valence-corrected chi connectivity index (χ3v) is 6.51. The Morgan fingerprint density at radius 2 is 1.74 bits per heavy atom. The average Bonchev–Trinajstić information content (AvgIpc) is 3.16. The maximum Gasteiger partial charge on any atom is 0.260 e. The molecule has 0 spiro atoms. The summed E-state index contributed by atoms with van der Waals surface area (Å²) < 4.78 is 6.75. The van der Waals surface area contributed by atoms with E-state index in [0.29, 0.717) is 12.3 Å². The summed E-state index contributed by atoms with van der Waals surface area (Å²) in [5, 5.41) is 4.17. The van der Waals surface area contributed by atoms with Crippen LogP contribution in [0.3, 0.4) is 0 Å². The smallest absolute Gasteiger partial charge is 0.260 e. The fourth-order valence-corrected chi connectivity index (χ4v) is 4.63. The van der Waals surface area contributed by atoms with Crippen molar-refractivity contribution >= 4 is 44.5 Å². The lowest BCUT2D eigenvalue weighted by atomic mass is 10.1. The molecule has 1 amide bonds. The van der Waals surface area contributed by atoms with E-state index in [1.807, 2.05) is 48.5 Å². The molecule has 2 N–H and O–H groups in total. The van der Waals surface area contributed by atoms with E-state index in [9.17, 15) is 4.79 Å². The molecule has 4 nitrogen and oxygen atoms in total. The summed E-state index contributed by atoms with van der Waals surface area (Å²) in [5.41, 5.74) is 3.35. The van der Waals surface area contributed by atoms with E-state index in [1.54, 1.807) is 18.7 Å². The Morgan fingerprint density at radius 1 is 1.03 bits per heavy atom. The molecule has 0 aliphatic heterocycles. The van der Waals surface area contributed by atoms with E-state index in [4.69, 9.17) is 4.74 Å². The lowest BCUT2D eigenvalue weighted by Crippen LogP contribution is -2.37. The van der Waals surface area contributed by atoms with Crippen LogP contribution in [-0.4, -0.2) is 29.3 Å². The number of H-pyrrole nitrogens is 1. The number of hydrogen-bond donors (Lipinski definition) is 2. The van der Waals surface area contributed by atoms with Crippen LogP contribution in [0.4, 0.5) is 0 Å². The van der Waals surface area contributed by atoms with Crippen molar-refractivity contribution in [2.75, 3.05) is 12.3 Å². The molecule has 0 radical (unpaired) electrons. The third-order valence-electron chi connectivity index (χ3n) is 4.86. The number of rotatable bonds is 8. The quantitative estimate of drug-likeness (QED) is 0.224. The van der Waals surface area contributed by atoms with Crippen molar-refractivity contribution in [3.05, 3.63) is 83.3 Å². The number of benzene rings is 3. The molecule has 0 saturated heterocycles. The van der Waals surface area contributed by atoms with Crippen LogP contribution in [0, 0.1) is 0 Å². The highest BCUT2D eigenvalue weighted by Crippen LogP contribution is 2.37. The maximum atomic E-state index is 12.4. The predicted octanol–water partition coefficient (Wildman–Crippen LogP) is 6.27. The maximum absolute atomic E-state index is 12.4.